The molecule has 1 rings (SSSR count). The van der Waals surface area contributed by atoms with E-state index in [1.54, 1.807) is 0 Å². The maximum atomic E-state index is 12.0. The van der Waals surface area contributed by atoms with Crippen molar-refractivity contribution in [3.05, 3.63) is 29.8 Å². The van der Waals surface area contributed by atoms with E-state index in [1.165, 1.54) is 24.3 Å². The van der Waals surface area contributed by atoms with Gasteiger partial charge in [0.05, 0.1) is 4.90 Å². The second kappa shape index (κ2) is 10.6. The van der Waals surface area contributed by atoms with Crippen molar-refractivity contribution in [2.75, 3.05) is 26.2 Å². The van der Waals surface area contributed by atoms with Crippen LogP contribution in [0, 0.1) is 5.92 Å². The predicted molar refractivity (Wildman–Crippen MR) is 94.6 cm³/mol. The van der Waals surface area contributed by atoms with Crippen LogP contribution in [0.1, 0.15) is 31.1 Å². The summed E-state index contributed by atoms with van der Waals surface area (Å²) in [5, 5.41) is 5.87. The van der Waals surface area contributed by atoms with Gasteiger partial charge >= 0.3 is 0 Å². The molecule has 0 saturated heterocycles. The number of amides is 1. The van der Waals surface area contributed by atoms with Gasteiger partial charge in [-0.05, 0) is 36.7 Å². The summed E-state index contributed by atoms with van der Waals surface area (Å²) in [5.74, 6) is 0.0218. The number of halogens is 1. The summed E-state index contributed by atoms with van der Waals surface area (Å²) in [7, 11) is -3.51. The fourth-order valence-electron chi connectivity index (χ4n) is 1.69. The number of hydrogen-bond acceptors (Lipinski definition) is 4. The quantitative estimate of drug-likeness (QED) is 0.578. The molecule has 0 atom stereocenters. The molecule has 0 saturated carbocycles. The number of likely N-dealkylation sites (N-methyl/N-ethyl adjacent to an activating group) is 1. The van der Waals surface area contributed by atoms with E-state index in [2.05, 4.69) is 15.4 Å². The van der Waals surface area contributed by atoms with Crippen molar-refractivity contribution in [1.82, 2.24) is 15.4 Å². The van der Waals surface area contributed by atoms with Crippen LogP contribution in [0.25, 0.3) is 0 Å². The van der Waals surface area contributed by atoms with Crippen LogP contribution in [0.4, 0.5) is 0 Å². The maximum Gasteiger partial charge on any atom is 0.251 e. The molecule has 8 heteroatoms. The second-order valence-corrected chi connectivity index (χ2v) is 7.15. The van der Waals surface area contributed by atoms with E-state index in [-0.39, 0.29) is 29.1 Å². The zero-order valence-electron chi connectivity index (χ0n) is 13.8. The number of carbonyl (C=O) groups excluding carboxylic acids is 1. The summed E-state index contributed by atoms with van der Waals surface area (Å²) in [5.41, 5.74) is 0.444. The normalized spacial score (nSPS) is 11.1. The third-order valence-electron chi connectivity index (χ3n) is 2.95. The third kappa shape index (κ3) is 7.78. The van der Waals surface area contributed by atoms with Crippen molar-refractivity contribution >= 4 is 28.3 Å². The van der Waals surface area contributed by atoms with Gasteiger partial charge < -0.3 is 10.6 Å². The molecule has 23 heavy (non-hydrogen) atoms. The van der Waals surface area contributed by atoms with Crippen LogP contribution < -0.4 is 15.4 Å². The summed E-state index contributed by atoms with van der Waals surface area (Å²) < 4.78 is 26.6. The Morgan fingerprint density at radius 2 is 1.74 bits per heavy atom. The molecule has 0 unspecified atom stereocenters. The Hall–Kier alpha value is -1.15. The molecule has 0 radical (unpaired) electrons. The molecule has 0 aliphatic rings. The first-order chi connectivity index (χ1) is 10.4. The molecule has 0 aromatic heterocycles. The topological polar surface area (TPSA) is 87.3 Å². The van der Waals surface area contributed by atoms with Crippen LogP contribution in [0.15, 0.2) is 29.2 Å². The van der Waals surface area contributed by atoms with Gasteiger partial charge in [-0.3, -0.25) is 4.79 Å². The molecule has 0 aliphatic heterocycles. The van der Waals surface area contributed by atoms with Crippen LogP contribution in [0.5, 0.6) is 0 Å². The Morgan fingerprint density at radius 3 is 2.26 bits per heavy atom. The van der Waals surface area contributed by atoms with Crippen LogP contribution in [-0.2, 0) is 10.0 Å². The van der Waals surface area contributed by atoms with Crippen molar-refractivity contribution in [1.29, 1.82) is 0 Å². The van der Waals surface area contributed by atoms with Crippen molar-refractivity contribution < 1.29 is 13.2 Å². The molecule has 0 heterocycles. The minimum Gasteiger partial charge on any atom is -0.351 e. The molecule has 1 amide bonds. The molecular weight excluding hydrogens is 338 g/mol. The van der Waals surface area contributed by atoms with Gasteiger partial charge in [0.1, 0.15) is 0 Å². The molecule has 1 aromatic carbocycles. The summed E-state index contributed by atoms with van der Waals surface area (Å²) in [6.07, 6.45) is 0. The third-order valence-corrected chi connectivity index (χ3v) is 4.39. The van der Waals surface area contributed by atoms with Gasteiger partial charge in [-0.15, -0.1) is 12.4 Å². The first kappa shape index (κ1) is 21.9. The van der Waals surface area contributed by atoms with E-state index < -0.39 is 10.0 Å². The predicted octanol–water partition coefficient (Wildman–Crippen LogP) is 1.38. The van der Waals surface area contributed by atoms with Crippen LogP contribution in [0.2, 0.25) is 0 Å². The highest BCUT2D eigenvalue weighted by Crippen LogP contribution is 2.11. The smallest absolute Gasteiger partial charge is 0.251 e. The Kier molecular flexibility index (Phi) is 10.1. The molecule has 0 aliphatic carbocycles. The molecular formula is C15H26ClN3O3S. The van der Waals surface area contributed by atoms with E-state index in [0.29, 0.717) is 25.2 Å². The van der Waals surface area contributed by atoms with Gasteiger partial charge in [-0.25, -0.2) is 13.1 Å². The lowest BCUT2D eigenvalue weighted by Gasteiger charge is -2.09. The maximum absolute atomic E-state index is 12.0. The summed E-state index contributed by atoms with van der Waals surface area (Å²) in [6, 6.07) is 5.93. The summed E-state index contributed by atoms with van der Waals surface area (Å²) in [6.45, 7) is 8.33. The minimum absolute atomic E-state index is 0. The highest BCUT2D eigenvalue weighted by atomic mass is 35.5. The first-order valence-corrected chi connectivity index (χ1v) is 8.93. The molecule has 0 bridgehead atoms. The van der Waals surface area contributed by atoms with E-state index in [1.807, 2.05) is 20.8 Å². The number of sulfonamides is 1. The molecule has 3 N–H and O–H groups in total. The average molecular weight is 364 g/mol. The number of nitrogens with one attached hydrogen (secondary N) is 3. The average Bonchev–Trinajstić information content (AvgIpc) is 2.49. The fourth-order valence-corrected chi connectivity index (χ4v) is 2.90. The number of carbonyl (C=O) groups is 1. The van der Waals surface area contributed by atoms with Crippen LogP contribution >= 0.6 is 12.4 Å². The van der Waals surface area contributed by atoms with Crippen molar-refractivity contribution in [2.24, 2.45) is 5.92 Å². The van der Waals surface area contributed by atoms with Crippen LogP contribution in [0.3, 0.4) is 0 Å². The second-order valence-electron chi connectivity index (χ2n) is 5.38. The van der Waals surface area contributed by atoms with Gasteiger partial charge in [-0.2, -0.15) is 0 Å². The van der Waals surface area contributed by atoms with E-state index in [9.17, 15) is 13.2 Å². The largest absolute Gasteiger partial charge is 0.351 e. The number of rotatable bonds is 9. The zero-order chi connectivity index (χ0) is 16.6. The highest BCUT2D eigenvalue weighted by Gasteiger charge is 2.15. The monoisotopic (exact) mass is 363 g/mol. The van der Waals surface area contributed by atoms with Gasteiger partial charge in [0.2, 0.25) is 10.0 Å². The van der Waals surface area contributed by atoms with Crippen LogP contribution in [-0.4, -0.2) is 40.5 Å². The lowest BCUT2D eigenvalue weighted by atomic mass is 10.2. The standard InChI is InChI=1S/C15H25N3O3S.ClH/c1-4-16-9-10-17-15(19)13-5-7-14(8-6-13)22(20,21)18-11-12(2)3;/h5-8,12,16,18H,4,9-11H2,1-3H3,(H,17,19);1H. The molecule has 132 valence electrons. The van der Waals surface area contributed by atoms with Crippen molar-refractivity contribution in [3.8, 4) is 0 Å². The Bertz CT molecular complexity index is 574. The molecule has 0 spiro atoms. The van der Waals surface area contributed by atoms with Gasteiger partial charge in [0.15, 0.2) is 0 Å². The Morgan fingerprint density at radius 1 is 1.13 bits per heavy atom. The van der Waals surface area contributed by atoms with E-state index >= 15 is 0 Å². The highest BCUT2D eigenvalue weighted by molar-refractivity contribution is 7.89. The molecule has 1 aromatic rings. The first-order valence-electron chi connectivity index (χ1n) is 7.45. The lowest BCUT2D eigenvalue weighted by molar-refractivity contribution is 0.0954. The zero-order valence-corrected chi connectivity index (χ0v) is 15.4. The number of benzene rings is 1. The number of hydrogen-bond donors (Lipinski definition) is 3. The minimum atomic E-state index is -3.51. The molecule has 6 nitrogen and oxygen atoms in total. The fraction of sp³-hybridized carbons (Fsp3) is 0.533. The van der Waals surface area contributed by atoms with Gasteiger partial charge in [-0.1, -0.05) is 20.8 Å². The van der Waals surface area contributed by atoms with Crippen molar-refractivity contribution in [3.63, 3.8) is 0 Å². The van der Waals surface area contributed by atoms with Gasteiger partial charge in [0.25, 0.3) is 5.91 Å². The summed E-state index contributed by atoms with van der Waals surface area (Å²) in [4.78, 5) is 12.0. The Balaban J connectivity index is 0.00000484. The summed E-state index contributed by atoms with van der Waals surface area (Å²) >= 11 is 0. The van der Waals surface area contributed by atoms with Crippen molar-refractivity contribution in [2.45, 2.75) is 25.7 Å². The van der Waals surface area contributed by atoms with E-state index in [0.717, 1.165) is 6.54 Å². The van der Waals surface area contributed by atoms with E-state index in [4.69, 9.17) is 0 Å². The Labute approximate surface area is 144 Å². The molecule has 0 fully saturated rings. The SMILES string of the molecule is CCNCCNC(=O)c1ccc(S(=O)(=O)NCC(C)C)cc1.Cl. The lowest BCUT2D eigenvalue weighted by Crippen LogP contribution is -2.31. The van der Waals surface area contributed by atoms with Gasteiger partial charge in [0, 0.05) is 25.2 Å².